The molecule has 92 valence electrons. The largest absolute Gasteiger partial charge is 0.665 e. The maximum atomic E-state index is 13.3. The van der Waals surface area contributed by atoms with Gasteiger partial charge in [-0.25, -0.2) is 4.39 Å². The predicted molar refractivity (Wildman–Crippen MR) is 51.8 cm³/mol. The summed E-state index contributed by atoms with van der Waals surface area (Å²) in [4.78, 5) is 10.8. The van der Waals surface area contributed by atoms with Crippen molar-refractivity contribution < 1.29 is 33.4 Å². The van der Waals surface area contributed by atoms with Gasteiger partial charge in [-0.2, -0.15) is 0 Å². The Labute approximate surface area is 95.5 Å². The first kappa shape index (κ1) is 11.7. The van der Waals surface area contributed by atoms with Gasteiger partial charge >= 0.3 is 6.75 Å². The molecule has 0 aliphatic carbocycles. The minimum atomic E-state index is -2.82. The molecule has 0 radical (unpaired) electrons. The van der Waals surface area contributed by atoms with Gasteiger partial charge in [-0.3, -0.25) is 0 Å². The third-order valence-corrected chi connectivity index (χ3v) is 2.39. The van der Waals surface area contributed by atoms with Crippen molar-refractivity contribution in [2.45, 2.75) is 0 Å². The van der Waals surface area contributed by atoms with Crippen LogP contribution in [0, 0.1) is 5.82 Å². The highest BCUT2D eigenvalue weighted by Gasteiger charge is 2.35. The summed E-state index contributed by atoms with van der Waals surface area (Å²) >= 11 is 0. The number of hydrogen-bond acceptors (Lipinski definition) is 6. The minimum Gasteiger partial charge on any atom is -0.665 e. The Balaban J connectivity index is 2.54. The molecule has 0 saturated carbocycles. The Morgan fingerprint density at radius 1 is 1.65 bits per heavy atom. The number of carbonyl (C=O) groups excluding carboxylic acids is 1. The average molecular weight is 242 g/mol. The first-order valence-corrected chi connectivity index (χ1v) is 4.75. The van der Waals surface area contributed by atoms with Crippen LogP contribution in [0.2, 0.25) is 0 Å². The van der Waals surface area contributed by atoms with Crippen LogP contribution in [0.4, 0.5) is 4.39 Å². The number of carboxylic acid groups (broad SMARTS) is 1. The molecular weight excluding hydrogens is 234 g/mol. The number of ether oxygens (including phenoxy) is 1. The van der Waals surface area contributed by atoms with Crippen LogP contribution in [0.3, 0.4) is 0 Å². The van der Waals surface area contributed by atoms with E-state index in [9.17, 15) is 19.3 Å². The molecule has 1 aliphatic rings. The third kappa shape index (κ3) is 1.92. The Morgan fingerprint density at radius 3 is 2.94 bits per heavy atom. The van der Waals surface area contributed by atoms with Gasteiger partial charge < -0.3 is 29.0 Å². The van der Waals surface area contributed by atoms with Crippen LogP contribution in [0.25, 0.3) is 0 Å². The van der Waals surface area contributed by atoms with Crippen molar-refractivity contribution in [2.75, 3.05) is 13.6 Å². The van der Waals surface area contributed by atoms with E-state index in [4.69, 9.17) is 9.39 Å². The van der Waals surface area contributed by atoms with Gasteiger partial charge in [0.25, 0.3) is 0 Å². The summed E-state index contributed by atoms with van der Waals surface area (Å²) in [6.07, 6.45) is 0. The van der Waals surface area contributed by atoms with Crippen LogP contribution in [-0.4, -0.2) is 31.4 Å². The van der Waals surface area contributed by atoms with Gasteiger partial charge in [0.15, 0.2) is 5.75 Å². The zero-order valence-corrected chi connectivity index (χ0v) is 8.81. The highest BCUT2D eigenvalue weighted by molar-refractivity contribution is 6.60. The summed E-state index contributed by atoms with van der Waals surface area (Å²) in [6.45, 7) is -3.12. The summed E-state index contributed by atoms with van der Waals surface area (Å²) in [6, 6.07) is 2.11. The van der Waals surface area contributed by atoms with Gasteiger partial charge in [-0.1, -0.05) is 0 Å². The van der Waals surface area contributed by atoms with Gasteiger partial charge in [0.1, 0.15) is 11.6 Å². The molecule has 0 fully saturated rings. The number of carboxylic acids is 1. The summed E-state index contributed by atoms with van der Waals surface area (Å²) in [5.41, 5.74) is -0.806. The fourth-order valence-electron chi connectivity index (χ4n) is 1.49. The fourth-order valence-corrected chi connectivity index (χ4v) is 1.49. The van der Waals surface area contributed by atoms with E-state index in [0.717, 1.165) is 13.2 Å². The van der Waals surface area contributed by atoms with Crippen LogP contribution in [0.15, 0.2) is 12.1 Å². The van der Waals surface area contributed by atoms with Crippen molar-refractivity contribution in [3.8, 4) is 11.5 Å². The van der Waals surface area contributed by atoms with E-state index in [2.05, 4.69) is 4.65 Å². The molecule has 0 bridgehead atoms. The van der Waals surface area contributed by atoms with Crippen LogP contribution in [-0.2, 0) is 4.65 Å². The monoisotopic (exact) mass is 242 g/mol. The minimum absolute atomic E-state index is 0.00852. The molecule has 1 heterocycles. The molecule has 8 heteroatoms. The smallest absolute Gasteiger partial charge is 0.469 e. The molecule has 0 aromatic heterocycles. The number of halogens is 1. The molecule has 0 amide bonds. The second-order valence-electron chi connectivity index (χ2n) is 3.52. The number of benzene rings is 1. The Bertz CT molecular complexity index is 479. The van der Waals surface area contributed by atoms with Crippen molar-refractivity contribution in [1.29, 1.82) is 0 Å². The van der Waals surface area contributed by atoms with Gasteiger partial charge in [-0.15, -0.1) is 0 Å². The number of aromatic carboxylic acids is 1. The second-order valence-corrected chi connectivity index (χ2v) is 3.52. The average Bonchev–Trinajstić information content (AvgIpc) is 2.28. The van der Waals surface area contributed by atoms with Crippen LogP contribution in [0.1, 0.15) is 10.4 Å². The zero-order chi connectivity index (χ0) is 12.6. The zero-order valence-electron chi connectivity index (χ0n) is 8.81. The lowest BCUT2D eigenvalue weighted by Gasteiger charge is -2.40. The standard InChI is InChI=1S/C9H9BFO6/c1-15-10(14)4-16-6-3-2-5(11)7(9(12)13)8(6)17-10/h2-3,14H,4H2,1H3,(H,12,13)/q-1/p-1. The van der Waals surface area contributed by atoms with Crippen molar-refractivity contribution in [1.82, 2.24) is 0 Å². The Morgan fingerprint density at radius 2 is 2.35 bits per heavy atom. The van der Waals surface area contributed by atoms with Gasteiger partial charge in [0.2, 0.25) is 0 Å². The molecule has 1 N–H and O–H groups in total. The lowest BCUT2D eigenvalue weighted by Crippen LogP contribution is -2.53. The topological polar surface area (TPSA) is 88.0 Å². The highest BCUT2D eigenvalue weighted by atomic mass is 19.1. The number of rotatable bonds is 2. The van der Waals surface area contributed by atoms with E-state index in [0.29, 0.717) is 0 Å². The number of carbonyl (C=O) groups is 1. The van der Waals surface area contributed by atoms with Crippen LogP contribution < -0.4 is 14.5 Å². The molecule has 0 saturated heterocycles. The second kappa shape index (κ2) is 3.90. The quantitative estimate of drug-likeness (QED) is 0.674. The molecular formula is C9H8BFO6-2. The molecule has 1 atom stereocenters. The molecule has 1 aromatic carbocycles. The number of hydrogen-bond donors (Lipinski definition) is 1. The van der Waals surface area contributed by atoms with Crippen LogP contribution >= 0.6 is 0 Å². The first-order chi connectivity index (χ1) is 7.97. The Hall–Kier alpha value is -1.80. The van der Waals surface area contributed by atoms with Gasteiger partial charge in [-0.05, 0) is 19.2 Å². The summed E-state index contributed by atoms with van der Waals surface area (Å²) in [7, 11) is 1.16. The normalized spacial score (nSPS) is 22.3. The van der Waals surface area contributed by atoms with Crippen molar-refractivity contribution >= 4 is 12.7 Å². The predicted octanol–water partition coefficient (Wildman–Crippen LogP) is -0.923. The fraction of sp³-hybridized carbons (Fsp3) is 0.222. The van der Waals surface area contributed by atoms with Crippen molar-refractivity contribution in [2.24, 2.45) is 0 Å². The third-order valence-electron chi connectivity index (χ3n) is 2.39. The summed E-state index contributed by atoms with van der Waals surface area (Å²) in [5, 5.41) is 20.5. The van der Waals surface area contributed by atoms with E-state index in [-0.39, 0.29) is 12.3 Å². The van der Waals surface area contributed by atoms with E-state index in [1.165, 1.54) is 6.07 Å². The summed E-state index contributed by atoms with van der Waals surface area (Å²) in [5.74, 6) is -3.22. The molecule has 6 nitrogen and oxygen atoms in total. The Kier molecular flexibility index (Phi) is 2.68. The highest BCUT2D eigenvalue weighted by Crippen LogP contribution is 2.37. The van der Waals surface area contributed by atoms with Gasteiger partial charge in [0, 0.05) is 0 Å². The first-order valence-electron chi connectivity index (χ1n) is 4.75. The van der Waals surface area contributed by atoms with E-state index >= 15 is 0 Å². The summed E-state index contributed by atoms with van der Waals surface area (Å²) < 4.78 is 28.0. The lowest BCUT2D eigenvalue weighted by molar-refractivity contribution is -0.255. The number of fused-ring (bicyclic) bond motifs is 1. The van der Waals surface area contributed by atoms with Crippen molar-refractivity contribution in [3.05, 3.63) is 23.5 Å². The molecule has 2 rings (SSSR count). The molecule has 17 heavy (non-hydrogen) atoms. The van der Waals surface area contributed by atoms with Crippen LogP contribution in [0.5, 0.6) is 11.5 Å². The van der Waals surface area contributed by atoms with E-state index in [1.807, 2.05) is 0 Å². The maximum absolute atomic E-state index is 13.3. The molecule has 0 spiro atoms. The molecule has 1 aromatic rings. The van der Waals surface area contributed by atoms with E-state index < -0.39 is 29.9 Å². The lowest BCUT2D eigenvalue weighted by atomic mass is 9.79. The molecule has 1 unspecified atom stereocenters. The van der Waals surface area contributed by atoms with Gasteiger partial charge in [0.05, 0.1) is 18.0 Å². The van der Waals surface area contributed by atoms with E-state index in [1.54, 1.807) is 0 Å². The molecule has 1 aliphatic heterocycles. The van der Waals surface area contributed by atoms with Crippen molar-refractivity contribution in [3.63, 3.8) is 0 Å². The maximum Gasteiger partial charge on any atom is 0.469 e. The SMILES string of the molecule is CO[B-]1(O)COc2ccc(F)c(C(=O)[O-])c2O1.